The molecular weight excluding hydrogens is 335 g/mol. The fourth-order valence-electron chi connectivity index (χ4n) is 1.57. The SMILES string of the molecule is C=CN[C@@H](C)CC(C)C.CC.CC.CC(C)CCNCCO.[CH3-].[V]. The van der Waals surface area contributed by atoms with Gasteiger partial charge in [-0.1, -0.05) is 62.0 Å². The summed E-state index contributed by atoms with van der Waals surface area (Å²) < 4.78 is 0. The molecule has 0 spiro atoms. The van der Waals surface area contributed by atoms with Gasteiger partial charge in [-0.05, 0) is 44.3 Å². The van der Waals surface area contributed by atoms with Gasteiger partial charge in [-0.2, -0.15) is 0 Å². The van der Waals surface area contributed by atoms with E-state index < -0.39 is 0 Å². The molecule has 0 amide bonds. The molecule has 4 heteroatoms. The topological polar surface area (TPSA) is 44.3 Å². The third kappa shape index (κ3) is 57.4. The summed E-state index contributed by atoms with van der Waals surface area (Å²) in [6.45, 7) is 24.6. The largest absolute Gasteiger partial charge is 0.395 e. The molecule has 0 aliphatic carbocycles. The molecule has 1 atom stereocenters. The fraction of sp³-hybridized carbons (Fsp3) is 0.850. The zero-order valence-corrected chi connectivity index (χ0v) is 19.8. The standard InChI is InChI=1S/C8H17N.C7H17NO.2C2H6.CH3.V/c1-5-9-8(4)6-7(2)3;1-7(2)3-4-8-5-6-9;2*1-2;;/h5,7-9H,1,6H2,2-4H3;7-9H,3-6H2,1-2H3;2*1-2H3;1H3;/q;;;;-1;/t8-;;;;;/m0...../s1. The van der Waals surface area contributed by atoms with Gasteiger partial charge in [0.15, 0.2) is 0 Å². The Labute approximate surface area is 167 Å². The molecule has 0 aromatic carbocycles. The van der Waals surface area contributed by atoms with E-state index in [1.807, 2.05) is 27.7 Å². The Bertz CT molecular complexity index is 177. The monoisotopic (exact) mass is 384 g/mol. The Morgan fingerprint density at radius 3 is 1.67 bits per heavy atom. The molecular formula is C20H49N2OV-. The minimum atomic E-state index is 0. The maximum atomic E-state index is 8.37. The predicted octanol–water partition coefficient (Wildman–Crippen LogP) is 5.27. The Morgan fingerprint density at radius 1 is 0.917 bits per heavy atom. The van der Waals surface area contributed by atoms with Crippen LogP contribution in [0, 0.1) is 19.3 Å². The third-order valence-electron chi connectivity index (χ3n) is 2.41. The number of hydrogen-bond acceptors (Lipinski definition) is 3. The summed E-state index contributed by atoms with van der Waals surface area (Å²) in [6.07, 6.45) is 4.17. The molecule has 0 unspecified atom stereocenters. The van der Waals surface area contributed by atoms with Gasteiger partial charge in [-0.15, -0.1) is 0 Å². The molecule has 0 bridgehead atoms. The molecule has 0 aliphatic heterocycles. The van der Waals surface area contributed by atoms with E-state index >= 15 is 0 Å². The zero-order valence-electron chi connectivity index (χ0n) is 18.4. The molecule has 0 aliphatic rings. The van der Waals surface area contributed by atoms with E-state index in [9.17, 15) is 0 Å². The van der Waals surface area contributed by atoms with Crippen LogP contribution in [0.15, 0.2) is 12.8 Å². The van der Waals surface area contributed by atoms with Crippen LogP contribution in [0.1, 0.15) is 75.2 Å². The first-order valence-electron chi connectivity index (χ1n) is 9.12. The molecule has 151 valence electrons. The first kappa shape index (κ1) is 39.2. The van der Waals surface area contributed by atoms with Crippen LogP contribution in [0.3, 0.4) is 0 Å². The van der Waals surface area contributed by atoms with Gasteiger partial charge < -0.3 is 23.2 Å². The number of aliphatic hydroxyl groups is 1. The van der Waals surface area contributed by atoms with E-state index in [2.05, 4.69) is 51.8 Å². The summed E-state index contributed by atoms with van der Waals surface area (Å²) >= 11 is 0. The van der Waals surface area contributed by atoms with Gasteiger partial charge in [0.05, 0.1) is 6.61 Å². The Hall–Kier alpha value is 0.0444. The van der Waals surface area contributed by atoms with Crippen molar-refractivity contribution in [2.24, 2.45) is 11.8 Å². The molecule has 0 saturated carbocycles. The van der Waals surface area contributed by atoms with E-state index in [4.69, 9.17) is 5.11 Å². The van der Waals surface area contributed by atoms with Crippen molar-refractivity contribution in [1.82, 2.24) is 10.6 Å². The number of aliphatic hydroxyl groups excluding tert-OH is 1. The van der Waals surface area contributed by atoms with Gasteiger partial charge in [-0.25, -0.2) is 0 Å². The zero-order chi connectivity index (χ0) is 18.4. The van der Waals surface area contributed by atoms with Crippen LogP contribution in [0.4, 0.5) is 0 Å². The average molecular weight is 385 g/mol. The van der Waals surface area contributed by atoms with E-state index in [1.54, 1.807) is 6.20 Å². The Balaban J connectivity index is -0.0000000521. The van der Waals surface area contributed by atoms with Crippen LogP contribution >= 0.6 is 0 Å². The first-order valence-corrected chi connectivity index (χ1v) is 9.12. The predicted molar refractivity (Wildman–Crippen MR) is 111 cm³/mol. The molecule has 3 N–H and O–H groups in total. The minimum Gasteiger partial charge on any atom is -0.395 e. The summed E-state index contributed by atoms with van der Waals surface area (Å²) in [7, 11) is 0. The molecule has 24 heavy (non-hydrogen) atoms. The van der Waals surface area contributed by atoms with Gasteiger partial charge >= 0.3 is 0 Å². The van der Waals surface area contributed by atoms with Crippen molar-refractivity contribution < 1.29 is 23.7 Å². The quantitative estimate of drug-likeness (QED) is 0.375. The second-order valence-electron chi connectivity index (χ2n) is 5.56. The number of rotatable bonds is 9. The van der Waals surface area contributed by atoms with Crippen LogP contribution in [0.5, 0.6) is 0 Å². The van der Waals surface area contributed by atoms with Crippen LogP contribution in [-0.4, -0.2) is 30.8 Å². The maximum absolute atomic E-state index is 8.37. The number of nitrogens with one attached hydrogen (secondary N) is 2. The van der Waals surface area contributed by atoms with Gasteiger partial charge in [0.1, 0.15) is 0 Å². The van der Waals surface area contributed by atoms with Crippen LogP contribution < -0.4 is 10.6 Å². The summed E-state index contributed by atoms with van der Waals surface area (Å²) in [4.78, 5) is 0. The van der Waals surface area contributed by atoms with E-state index in [0.717, 1.165) is 24.9 Å². The molecule has 0 heterocycles. The van der Waals surface area contributed by atoms with Gasteiger partial charge in [0.25, 0.3) is 0 Å². The smallest absolute Gasteiger partial charge is 0.0555 e. The third-order valence-corrected chi connectivity index (χ3v) is 2.41. The van der Waals surface area contributed by atoms with Crippen molar-refractivity contribution in [3.8, 4) is 0 Å². The molecule has 0 aromatic heterocycles. The molecule has 0 fully saturated rings. The van der Waals surface area contributed by atoms with Gasteiger partial charge in [0.2, 0.25) is 0 Å². The van der Waals surface area contributed by atoms with E-state index in [0.29, 0.717) is 6.04 Å². The normalized spacial score (nSPS) is 9.50. The van der Waals surface area contributed by atoms with Crippen molar-refractivity contribution in [1.29, 1.82) is 0 Å². The Morgan fingerprint density at radius 2 is 1.38 bits per heavy atom. The summed E-state index contributed by atoms with van der Waals surface area (Å²) in [5.74, 6) is 1.53. The van der Waals surface area contributed by atoms with Crippen LogP contribution in [-0.2, 0) is 18.6 Å². The van der Waals surface area contributed by atoms with Crippen molar-refractivity contribution in [2.45, 2.75) is 81.2 Å². The molecule has 1 radical (unpaired) electrons. The summed E-state index contributed by atoms with van der Waals surface area (Å²) in [5, 5.41) is 14.6. The molecule has 0 rings (SSSR count). The molecule has 0 aromatic rings. The second-order valence-corrected chi connectivity index (χ2v) is 5.56. The first-order chi connectivity index (χ1) is 10.4. The molecule has 3 nitrogen and oxygen atoms in total. The fourth-order valence-corrected chi connectivity index (χ4v) is 1.57. The van der Waals surface area contributed by atoms with Gasteiger partial charge in [-0.3, -0.25) is 0 Å². The van der Waals surface area contributed by atoms with Crippen LogP contribution in [0.25, 0.3) is 0 Å². The average Bonchev–Trinajstić information content (AvgIpc) is 2.48. The molecule has 0 saturated heterocycles. The maximum Gasteiger partial charge on any atom is 0.0555 e. The van der Waals surface area contributed by atoms with E-state index in [-0.39, 0.29) is 32.6 Å². The minimum absolute atomic E-state index is 0. The Kier molecular flexibility index (Phi) is 63.0. The summed E-state index contributed by atoms with van der Waals surface area (Å²) in [5.41, 5.74) is 0. The summed E-state index contributed by atoms with van der Waals surface area (Å²) in [6, 6.07) is 0.572. The van der Waals surface area contributed by atoms with E-state index in [1.165, 1.54) is 12.8 Å². The van der Waals surface area contributed by atoms with Crippen molar-refractivity contribution in [3.05, 3.63) is 20.2 Å². The van der Waals surface area contributed by atoms with Crippen molar-refractivity contribution >= 4 is 0 Å². The second kappa shape index (κ2) is 38.5. The van der Waals surface area contributed by atoms with Crippen molar-refractivity contribution in [2.75, 3.05) is 19.7 Å². The number of hydrogen-bond donors (Lipinski definition) is 3. The van der Waals surface area contributed by atoms with Crippen LogP contribution in [0.2, 0.25) is 0 Å². The van der Waals surface area contributed by atoms with Gasteiger partial charge in [0, 0.05) is 31.1 Å². The van der Waals surface area contributed by atoms with Crippen molar-refractivity contribution in [3.63, 3.8) is 0 Å².